The molecule has 1 aromatic carbocycles. The zero-order valence-corrected chi connectivity index (χ0v) is 15.4. The van der Waals surface area contributed by atoms with Crippen molar-refractivity contribution in [2.75, 3.05) is 20.8 Å². The largest absolute Gasteiger partial charge is 0.493 e. The van der Waals surface area contributed by atoms with E-state index >= 15 is 0 Å². The van der Waals surface area contributed by atoms with Gasteiger partial charge in [0, 0.05) is 0 Å². The first-order valence-corrected chi connectivity index (χ1v) is 8.30. The van der Waals surface area contributed by atoms with Crippen LogP contribution in [0, 0.1) is 0 Å². The lowest BCUT2D eigenvalue weighted by molar-refractivity contribution is -0.277. The van der Waals surface area contributed by atoms with Crippen LogP contribution in [-0.4, -0.2) is 77.2 Å². The van der Waals surface area contributed by atoms with Gasteiger partial charge in [-0.2, -0.15) is 0 Å². The fourth-order valence-corrected chi connectivity index (χ4v) is 2.62. The van der Waals surface area contributed by atoms with E-state index < -0.39 is 42.6 Å². The summed E-state index contributed by atoms with van der Waals surface area (Å²) >= 11 is 5.28. The third kappa shape index (κ3) is 4.89. The molecule has 1 aromatic rings. The number of carbonyl (C=O) groups excluding carboxylic acids is 1. The first-order chi connectivity index (χ1) is 12.8. The van der Waals surface area contributed by atoms with Crippen LogP contribution in [-0.2, 0) is 9.53 Å². The summed E-state index contributed by atoms with van der Waals surface area (Å²) in [7, 11) is 2.74. The summed E-state index contributed by atoms with van der Waals surface area (Å²) in [6, 6.07) is 3.05. The monoisotopic (exact) mass is 404 g/mol. The summed E-state index contributed by atoms with van der Waals surface area (Å²) in [4.78, 5) is 10.9. The van der Waals surface area contributed by atoms with Gasteiger partial charge in [0.25, 0.3) is 0 Å². The number of rotatable bonds is 7. The van der Waals surface area contributed by atoms with Gasteiger partial charge in [0.2, 0.25) is 17.3 Å². The van der Waals surface area contributed by atoms with Gasteiger partial charge in [-0.1, -0.05) is 0 Å². The van der Waals surface area contributed by atoms with Crippen LogP contribution in [0.3, 0.4) is 0 Å². The highest BCUT2D eigenvalue weighted by molar-refractivity contribution is 6.66. The van der Waals surface area contributed by atoms with Gasteiger partial charge in [-0.15, -0.1) is 0 Å². The van der Waals surface area contributed by atoms with Crippen molar-refractivity contribution in [2.24, 2.45) is 0 Å². The fraction of sp³-hybridized carbons (Fsp3) is 0.471. The highest BCUT2D eigenvalue weighted by atomic mass is 35.5. The highest BCUT2D eigenvalue weighted by Gasteiger charge is 2.45. The van der Waals surface area contributed by atoms with E-state index in [1.54, 1.807) is 0 Å². The zero-order valence-electron chi connectivity index (χ0n) is 14.6. The fourth-order valence-electron chi connectivity index (χ4n) is 2.56. The third-order valence-corrected chi connectivity index (χ3v) is 4.10. The summed E-state index contributed by atoms with van der Waals surface area (Å²) in [6.07, 6.45) is -4.63. The molecule has 1 aliphatic rings. The van der Waals surface area contributed by atoms with Crippen molar-refractivity contribution in [1.29, 1.82) is 0 Å². The average molecular weight is 405 g/mol. The van der Waals surface area contributed by atoms with Gasteiger partial charge in [0.15, 0.2) is 11.5 Å². The summed E-state index contributed by atoms with van der Waals surface area (Å²) in [5.41, 5.74) is 0.527. The molecule has 0 bridgehead atoms. The second-order valence-corrected chi connectivity index (χ2v) is 6.08. The number of hydrogen-bond acceptors (Lipinski definition) is 9. The minimum atomic E-state index is -1.59. The minimum absolute atomic E-state index is 0.0543. The Morgan fingerprint density at radius 1 is 1.15 bits per heavy atom. The molecule has 9 nitrogen and oxygen atoms in total. The molecule has 0 aromatic heterocycles. The first-order valence-electron chi connectivity index (χ1n) is 7.93. The maximum Gasteiger partial charge on any atom is 0.245 e. The van der Waals surface area contributed by atoms with Crippen molar-refractivity contribution in [3.05, 3.63) is 23.8 Å². The second-order valence-electron chi connectivity index (χ2n) is 5.71. The van der Waals surface area contributed by atoms with Crippen LogP contribution in [0.4, 0.5) is 0 Å². The number of hydrogen-bond donors (Lipinski definition) is 4. The zero-order chi connectivity index (χ0) is 20.1. The molecule has 10 heteroatoms. The molecule has 0 unspecified atom stereocenters. The van der Waals surface area contributed by atoms with Crippen molar-refractivity contribution in [2.45, 2.75) is 30.7 Å². The lowest BCUT2D eigenvalue weighted by Gasteiger charge is -2.39. The molecule has 0 amide bonds. The van der Waals surface area contributed by atoms with Gasteiger partial charge in [-0.25, -0.2) is 0 Å². The Morgan fingerprint density at radius 2 is 1.74 bits per heavy atom. The number of carbonyl (C=O) groups is 1. The summed E-state index contributed by atoms with van der Waals surface area (Å²) in [5.74, 6) is 0.430. The van der Waals surface area contributed by atoms with Gasteiger partial charge >= 0.3 is 0 Å². The van der Waals surface area contributed by atoms with E-state index in [2.05, 4.69) is 0 Å². The van der Waals surface area contributed by atoms with E-state index in [4.69, 9.17) is 30.5 Å². The van der Waals surface area contributed by atoms with Crippen LogP contribution in [0.1, 0.15) is 5.56 Å². The summed E-state index contributed by atoms with van der Waals surface area (Å²) in [6.45, 7) is -0.588. The van der Waals surface area contributed by atoms with Crippen LogP contribution in [0.2, 0.25) is 0 Å². The van der Waals surface area contributed by atoms with Gasteiger partial charge in [0.1, 0.15) is 24.4 Å². The van der Waals surface area contributed by atoms with E-state index in [9.17, 15) is 25.2 Å². The molecule has 0 saturated carbocycles. The molecule has 5 atom stereocenters. The number of benzene rings is 1. The summed E-state index contributed by atoms with van der Waals surface area (Å²) in [5, 5.41) is 38.4. The maximum atomic E-state index is 10.9. The predicted octanol–water partition coefficient (Wildman–Crippen LogP) is -0.339. The van der Waals surface area contributed by atoms with Crippen LogP contribution in [0.25, 0.3) is 6.08 Å². The number of ether oxygens (including phenoxy) is 4. The predicted molar refractivity (Wildman–Crippen MR) is 93.8 cm³/mol. The number of allylic oxidation sites excluding steroid dienone is 1. The van der Waals surface area contributed by atoms with Crippen molar-refractivity contribution in [1.82, 2.24) is 0 Å². The van der Waals surface area contributed by atoms with Crippen molar-refractivity contribution in [3.8, 4) is 17.2 Å². The van der Waals surface area contributed by atoms with Crippen molar-refractivity contribution < 1.29 is 44.2 Å². The second kappa shape index (κ2) is 9.36. The normalized spacial score (nSPS) is 28.2. The van der Waals surface area contributed by atoms with Crippen LogP contribution >= 0.6 is 11.6 Å². The number of methoxy groups -OCH3 is 2. The number of aliphatic hydroxyl groups excluding tert-OH is 4. The maximum absolute atomic E-state index is 10.9. The van der Waals surface area contributed by atoms with E-state index in [0.717, 1.165) is 6.08 Å². The molecule has 27 heavy (non-hydrogen) atoms. The molecule has 2 rings (SSSR count). The lowest BCUT2D eigenvalue weighted by Crippen LogP contribution is -2.60. The minimum Gasteiger partial charge on any atom is -0.493 e. The van der Waals surface area contributed by atoms with E-state index in [1.807, 2.05) is 0 Å². The van der Waals surface area contributed by atoms with Gasteiger partial charge in [0.05, 0.1) is 20.8 Å². The van der Waals surface area contributed by atoms with Crippen LogP contribution in [0.15, 0.2) is 18.2 Å². The Kier molecular flexibility index (Phi) is 7.42. The molecular formula is C17H21ClO9. The van der Waals surface area contributed by atoms with Crippen LogP contribution < -0.4 is 14.2 Å². The Hall–Kier alpha value is -1.88. The van der Waals surface area contributed by atoms with Crippen molar-refractivity contribution in [3.63, 3.8) is 0 Å². The molecule has 0 aliphatic carbocycles. The van der Waals surface area contributed by atoms with Crippen molar-refractivity contribution >= 4 is 22.9 Å². The molecule has 1 fully saturated rings. The third-order valence-electron chi connectivity index (χ3n) is 3.97. The first kappa shape index (κ1) is 21.4. The quantitative estimate of drug-likeness (QED) is 0.355. The topological polar surface area (TPSA) is 135 Å². The Labute approximate surface area is 160 Å². The summed E-state index contributed by atoms with van der Waals surface area (Å²) < 4.78 is 21.5. The lowest BCUT2D eigenvalue weighted by atomic mass is 9.99. The molecule has 150 valence electrons. The molecular weight excluding hydrogens is 384 g/mol. The van der Waals surface area contributed by atoms with E-state index in [1.165, 1.54) is 32.4 Å². The smallest absolute Gasteiger partial charge is 0.245 e. The number of halogens is 1. The van der Waals surface area contributed by atoms with Gasteiger partial charge < -0.3 is 39.4 Å². The Morgan fingerprint density at radius 3 is 2.22 bits per heavy atom. The van der Waals surface area contributed by atoms with Gasteiger partial charge in [-0.3, -0.25) is 4.79 Å². The highest BCUT2D eigenvalue weighted by Crippen LogP contribution is 2.40. The molecule has 1 heterocycles. The van der Waals surface area contributed by atoms with E-state index in [-0.39, 0.29) is 17.2 Å². The Bertz CT molecular complexity index is 666. The molecule has 0 radical (unpaired) electrons. The van der Waals surface area contributed by atoms with E-state index in [0.29, 0.717) is 5.56 Å². The number of aliphatic hydroxyl groups is 4. The van der Waals surface area contributed by atoms with Crippen LogP contribution in [0.5, 0.6) is 17.2 Å². The standard InChI is InChI=1S/C17H21ClO9/c1-24-9-5-8(3-4-12(18)20)6-10(25-2)16(9)27-17-15(23)14(22)13(21)11(7-19)26-17/h3-6,11,13-15,17,19,21-23H,7H2,1-2H3/t11-,13+,14+,15-,17+/m1/s1. The molecule has 4 N–H and O–H groups in total. The molecule has 0 spiro atoms. The average Bonchev–Trinajstić information content (AvgIpc) is 2.66. The molecule has 1 aliphatic heterocycles. The Balaban J connectivity index is 2.35. The SMILES string of the molecule is COc1cc(C=CC(=O)Cl)cc(OC)c1O[C@@H]1O[C@H](CO)[C@H](O)[C@H](O)[C@H]1O. The molecule has 1 saturated heterocycles. The van der Waals surface area contributed by atoms with Gasteiger partial charge in [-0.05, 0) is 41.4 Å².